The fourth-order valence-corrected chi connectivity index (χ4v) is 5.37. The van der Waals surface area contributed by atoms with Crippen molar-refractivity contribution < 1.29 is 23.8 Å². The third-order valence-corrected chi connectivity index (χ3v) is 7.27. The summed E-state index contributed by atoms with van der Waals surface area (Å²) in [7, 11) is 0. The normalized spacial score (nSPS) is 14.1. The predicted molar refractivity (Wildman–Crippen MR) is 146 cm³/mol. The lowest BCUT2D eigenvalue weighted by Gasteiger charge is -2.11. The van der Waals surface area contributed by atoms with Gasteiger partial charge in [0.25, 0.3) is 0 Å². The number of fused-ring (bicyclic) bond motifs is 1. The maximum absolute atomic E-state index is 13.0. The first kappa shape index (κ1) is 24.7. The number of halogens is 1. The molecule has 0 amide bonds. The Labute approximate surface area is 222 Å². The molecule has 3 aromatic carbocycles. The van der Waals surface area contributed by atoms with Crippen molar-refractivity contribution in [2.24, 2.45) is 4.99 Å². The van der Waals surface area contributed by atoms with Crippen molar-refractivity contribution in [2.75, 3.05) is 6.61 Å². The number of esters is 2. The Morgan fingerprint density at radius 3 is 2.65 bits per heavy atom. The van der Waals surface area contributed by atoms with E-state index < -0.39 is 11.9 Å². The summed E-state index contributed by atoms with van der Waals surface area (Å²) >= 11 is 7.77. The van der Waals surface area contributed by atoms with Gasteiger partial charge in [-0.1, -0.05) is 47.5 Å². The Morgan fingerprint density at radius 2 is 1.86 bits per heavy atom. The monoisotopic (exact) mass is 531 g/mol. The summed E-state index contributed by atoms with van der Waals surface area (Å²) < 4.78 is 17.7. The fourth-order valence-electron chi connectivity index (χ4n) is 3.89. The van der Waals surface area contributed by atoms with E-state index in [1.807, 2.05) is 63.2 Å². The van der Waals surface area contributed by atoms with E-state index in [0.717, 1.165) is 26.8 Å². The van der Waals surface area contributed by atoms with Gasteiger partial charge in [-0.3, -0.25) is 0 Å². The van der Waals surface area contributed by atoms with E-state index in [0.29, 0.717) is 27.8 Å². The highest BCUT2D eigenvalue weighted by atomic mass is 35.5. The van der Waals surface area contributed by atoms with E-state index >= 15 is 0 Å². The van der Waals surface area contributed by atoms with Gasteiger partial charge >= 0.3 is 11.9 Å². The van der Waals surface area contributed by atoms with E-state index in [1.165, 1.54) is 11.3 Å². The average molecular weight is 532 g/mol. The van der Waals surface area contributed by atoms with Crippen molar-refractivity contribution in [3.05, 3.63) is 98.5 Å². The van der Waals surface area contributed by atoms with Crippen LogP contribution in [0.1, 0.15) is 38.8 Å². The van der Waals surface area contributed by atoms with Crippen molar-refractivity contribution >= 4 is 56.9 Å². The number of hydrogen-bond acceptors (Lipinski definition) is 7. The Balaban J connectivity index is 1.42. The maximum Gasteiger partial charge on any atom is 0.363 e. The van der Waals surface area contributed by atoms with Crippen molar-refractivity contribution in [2.45, 2.75) is 20.8 Å². The van der Waals surface area contributed by atoms with Crippen molar-refractivity contribution in [1.29, 1.82) is 0 Å². The summed E-state index contributed by atoms with van der Waals surface area (Å²) in [6.07, 6.45) is 1.60. The summed E-state index contributed by atoms with van der Waals surface area (Å²) in [5, 5.41) is 1.18. The highest BCUT2D eigenvalue weighted by molar-refractivity contribution is 7.21. The van der Waals surface area contributed by atoms with Crippen LogP contribution in [0, 0.1) is 13.8 Å². The molecule has 1 aliphatic rings. The smallest absolute Gasteiger partial charge is 0.363 e. The standard InChI is InChI=1S/C29H22ClNO5S/c1-4-34-23-15-18(14-21-28(32)36-27(31-21)19-7-5-6-16(2)12-19)9-11-22(23)35-29(33)26-25(30)20-10-8-17(3)13-24(20)37-26/h5-15H,4H2,1-3H3/b21-14+. The first-order chi connectivity index (χ1) is 17.8. The van der Waals surface area contributed by atoms with Gasteiger partial charge in [0.05, 0.1) is 11.6 Å². The van der Waals surface area contributed by atoms with Gasteiger partial charge in [0.15, 0.2) is 17.2 Å². The second-order valence-electron chi connectivity index (χ2n) is 8.48. The number of aliphatic imine (C=N–C) groups is 1. The molecule has 0 fully saturated rings. The van der Waals surface area contributed by atoms with Crippen LogP contribution in [-0.2, 0) is 9.53 Å². The van der Waals surface area contributed by atoms with Crippen LogP contribution in [0.4, 0.5) is 0 Å². The average Bonchev–Trinajstić information content (AvgIpc) is 3.40. The molecule has 5 rings (SSSR count). The largest absolute Gasteiger partial charge is 0.490 e. The molecule has 1 aliphatic heterocycles. The highest BCUT2D eigenvalue weighted by Crippen LogP contribution is 2.38. The Hall–Kier alpha value is -3.94. The van der Waals surface area contributed by atoms with Crippen LogP contribution >= 0.6 is 22.9 Å². The van der Waals surface area contributed by atoms with Gasteiger partial charge in [-0.25, -0.2) is 14.6 Å². The number of carbonyl (C=O) groups is 2. The minimum absolute atomic E-state index is 0.163. The minimum atomic E-state index is -0.567. The number of hydrogen-bond donors (Lipinski definition) is 0. The van der Waals surface area contributed by atoms with Gasteiger partial charge < -0.3 is 14.2 Å². The molecule has 0 atom stereocenters. The summed E-state index contributed by atoms with van der Waals surface area (Å²) in [5.41, 5.74) is 3.64. The molecule has 6 nitrogen and oxygen atoms in total. The maximum atomic E-state index is 13.0. The Bertz CT molecular complexity index is 1620. The van der Waals surface area contributed by atoms with E-state index in [2.05, 4.69) is 4.99 Å². The molecule has 0 N–H and O–H groups in total. The van der Waals surface area contributed by atoms with E-state index in [-0.39, 0.29) is 17.3 Å². The van der Waals surface area contributed by atoms with Gasteiger partial charge in [-0.2, -0.15) is 0 Å². The third-order valence-electron chi connectivity index (χ3n) is 5.63. The van der Waals surface area contributed by atoms with Crippen LogP contribution in [0.25, 0.3) is 16.2 Å². The molecule has 0 aliphatic carbocycles. The fraction of sp³-hybridized carbons (Fsp3) is 0.138. The van der Waals surface area contributed by atoms with Gasteiger partial charge in [-0.05, 0) is 68.3 Å². The molecular weight excluding hydrogens is 510 g/mol. The molecule has 0 spiro atoms. The van der Waals surface area contributed by atoms with Crippen LogP contribution in [0.3, 0.4) is 0 Å². The molecule has 8 heteroatoms. The SMILES string of the molecule is CCOc1cc(/C=C2/N=C(c3cccc(C)c3)OC2=O)ccc1OC(=O)c1sc2cc(C)ccc2c1Cl. The summed E-state index contributed by atoms with van der Waals surface area (Å²) in [5.74, 6) is -0.252. The van der Waals surface area contributed by atoms with E-state index in [4.69, 9.17) is 25.8 Å². The van der Waals surface area contributed by atoms with Gasteiger partial charge in [-0.15, -0.1) is 11.3 Å². The first-order valence-electron chi connectivity index (χ1n) is 11.6. The highest BCUT2D eigenvalue weighted by Gasteiger charge is 2.25. The third kappa shape index (κ3) is 5.14. The molecule has 0 unspecified atom stereocenters. The van der Waals surface area contributed by atoms with Crippen molar-refractivity contribution in [3.8, 4) is 11.5 Å². The molecule has 0 radical (unpaired) electrons. The zero-order valence-corrected chi connectivity index (χ0v) is 21.9. The number of benzene rings is 3. The number of aryl methyl sites for hydroxylation is 2. The van der Waals surface area contributed by atoms with E-state index in [9.17, 15) is 9.59 Å². The summed E-state index contributed by atoms with van der Waals surface area (Å²) in [6, 6.07) is 18.4. The lowest BCUT2D eigenvalue weighted by atomic mass is 10.1. The number of rotatable bonds is 6. The topological polar surface area (TPSA) is 74.2 Å². The molecule has 0 saturated carbocycles. The quantitative estimate of drug-likeness (QED) is 0.150. The second-order valence-corrected chi connectivity index (χ2v) is 9.91. The van der Waals surface area contributed by atoms with Gasteiger partial charge in [0.2, 0.25) is 5.90 Å². The number of cyclic esters (lactones) is 1. The number of thiophene rings is 1. The van der Waals surface area contributed by atoms with Crippen LogP contribution < -0.4 is 9.47 Å². The van der Waals surface area contributed by atoms with Crippen LogP contribution in [0.2, 0.25) is 5.02 Å². The lowest BCUT2D eigenvalue weighted by molar-refractivity contribution is -0.129. The lowest BCUT2D eigenvalue weighted by Crippen LogP contribution is -2.08. The van der Waals surface area contributed by atoms with Crippen LogP contribution in [0.15, 0.2) is 71.4 Å². The van der Waals surface area contributed by atoms with Crippen molar-refractivity contribution in [1.82, 2.24) is 0 Å². The zero-order valence-electron chi connectivity index (χ0n) is 20.3. The summed E-state index contributed by atoms with van der Waals surface area (Å²) in [6.45, 7) is 6.12. The van der Waals surface area contributed by atoms with Crippen molar-refractivity contribution in [3.63, 3.8) is 0 Å². The van der Waals surface area contributed by atoms with Crippen LogP contribution in [-0.4, -0.2) is 24.4 Å². The van der Waals surface area contributed by atoms with Gasteiger partial charge in [0.1, 0.15) is 4.88 Å². The molecular formula is C29H22ClNO5S. The molecule has 4 aromatic rings. The zero-order chi connectivity index (χ0) is 26.1. The molecule has 0 bridgehead atoms. The second kappa shape index (κ2) is 10.2. The molecule has 1 aromatic heterocycles. The number of ether oxygens (including phenoxy) is 3. The molecule has 37 heavy (non-hydrogen) atoms. The molecule has 186 valence electrons. The number of nitrogens with zero attached hydrogens (tertiary/aromatic N) is 1. The van der Waals surface area contributed by atoms with Crippen LogP contribution in [0.5, 0.6) is 11.5 Å². The molecule has 0 saturated heterocycles. The number of carbonyl (C=O) groups excluding carboxylic acids is 2. The Morgan fingerprint density at radius 1 is 1.05 bits per heavy atom. The Kier molecular flexibility index (Phi) is 6.82. The minimum Gasteiger partial charge on any atom is -0.490 e. The summed E-state index contributed by atoms with van der Waals surface area (Å²) in [4.78, 5) is 30.1. The van der Waals surface area contributed by atoms with E-state index in [1.54, 1.807) is 24.3 Å². The van der Waals surface area contributed by atoms with Gasteiger partial charge in [0, 0.05) is 15.6 Å². The molecule has 2 heterocycles. The predicted octanol–water partition coefficient (Wildman–Crippen LogP) is 7.13. The first-order valence-corrected chi connectivity index (χ1v) is 12.8.